The zero-order chi connectivity index (χ0) is 13.0. The number of imidazole rings is 1. The number of rotatable bonds is 1. The predicted octanol–water partition coefficient (Wildman–Crippen LogP) is 2.85. The summed E-state index contributed by atoms with van der Waals surface area (Å²) in [5.74, 6) is 2.21. The van der Waals surface area contributed by atoms with Crippen LogP contribution in [0.2, 0.25) is 0 Å². The van der Waals surface area contributed by atoms with Crippen molar-refractivity contribution in [3.8, 4) is 6.07 Å². The monoisotopic (exact) mass is 252 g/mol. The maximum absolute atomic E-state index is 9.05. The summed E-state index contributed by atoms with van der Waals surface area (Å²) in [4.78, 5) is 4.45. The Balaban J connectivity index is 1.89. The first-order valence-corrected chi connectivity index (χ1v) is 6.94. The molecule has 2 N–H and O–H groups in total. The second-order valence-corrected chi connectivity index (χ2v) is 5.90. The van der Waals surface area contributed by atoms with Crippen molar-refractivity contribution in [1.29, 1.82) is 5.26 Å². The third kappa shape index (κ3) is 1.48. The Morgan fingerprint density at radius 2 is 2.21 bits per heavy atom. The summed E-state index contributed by atoms with van der Waals surface area (Å²) in [5, 5.41) is 9.05. The van der Waals surface area contributed by atoms with E-state index in [9.17, 15) is 0 Å². The number of aromatic nitrogens is 2. The van der Waals surface area contributed by atoms with E-state index in [1.165, 1.54) is 25.7 Å². The smallest absolute Gasteiger partial charge is 0.201 e. The predicted molar refractivity (Wildman–Crippen MR) is 73.3 cm³/mol. The van der Waals surface area contributed by atoms with Gasteiger partial charge in [0.2, 0.25) is 5.95 Å². The van der Waals surface area contributed by atoms with E-state index in [0.717, 1.165) is 22.9 Å². The van der Waals surface area contributed by atoms with E-state index in [0.29, 0.717) is 17.6 Å². The molecule has 2 aliphatic rings. The Hall–Kier alpha value is -2.02. The summed E-state index contributed by atoms with van der Waals surface area (Å²) < 4.78 is 2.18. The fourth-order valence-electron chi connectivity index (χ4n) is 4.06. The molecule has 3 atom stereocenters. The average molecular weight is 252 g/mol. The molecular formula is C15H16N4. The van der Waals surface area contributed by atoms with Crippen LogP contribution in [0.4, 0.5) is 5.95 Å². The van der Waals surface area contributed by atoms with Crippen LogP contribution >= 0.6 is 0 Å². The Morgan fingerprint density at radius 3 is 2.89 bits per heavy atom. The molecule has 2 aliphatic carbocycles. The fourth-order valence-corrected chi connectivity index (χ4v) is 4.06. The normalized spacial score (nSPS) is 28.9. The lowest BCUT2D eigenvalue weighted by atomic mass is 9.95. The van der Waals surface area contributed by atoms with Gasteiger partial charge in [-0.15, -0.1) is 0 Å². The van der Waals surface area contributed by atoms with Gasteiger partial charge in [0.1, 0.15) is 0 Å². The number of nitrogens with zero attached hydrogens (tertiary/aromatic N) is 3. The van der Waals surface area contributed by atoms with Crippen LogP contribution in [0.1, 0.15) is 37.3 Å². The number of fused-ring (bicyclic) bond motifs is 3. The number of anilines is 1. The zero-order valence-corrected chi connectivity index (χ0v) is 10.7. The number of hydrogen-bond acceptors (Lipinski definition) is 3. The Morgan fingerprint density at radius 1 is 1.32 bits per heavy atom. The first-order valence-electron chi connectivity index (χ1n) is 6.94. The fraction of sp³-hybridized carbons (Fsp3) is 0.467. The van der Waals surface area contributed by atoms with Crippen LogP contribution in [0.15, 0.2) is 18.2 Å². The van der Waals surface area contributed by atoms with Crippen molar-refractivity contribution in [2.75, 3.05) is 5.73 Å². The first kappa shape index (κ1) is 10.9. The molecule has 4 rings (SSSR count). The summed E-state index contributed by atoms with van der Waals surface area (Å²) in [6.45, 7) is 0. The van der Waals surface area contributed by atoms with Crippen LogP contribution in [0.25, 0.3) is 11.0 Å². The highest BCUT2D eigenvalue weighted by Crippen LogP contribution is 2.52. The van der Waals surface area contributed by atoms with Crippen LogP contribution in [-0.4, -0.2) is 9.55 Å². The summed E-state index contributed by atoms with van der Waals surface area (Å²) >= 11 is 0. The zero-order valence-electron chi connectivity index (χ0n) is 10.7. The van der Waals surface area contributed by atoms with E-state index in [-0.39, 0.29) is 0 Å². The lowest BCUT2D eigenvalue weighted by molar-refractivity contribution is 0.339. The SMILES string of the molecule is N#Cc1ccc2nc(N)n(C3CC4CCC3C4)c2c1. The number of nitrogens with two attached hydrogens (primary N) is 1. The van der Waals surface area contributed by atoms with E-state index in [2.05, 4.69) is 15.6 Å². The van der Waals surface area contributed by atoms with Crippen molar-refractivity contribution in [2.24, 2.45) is 11.8 Å². The molecule has 0 aliphatic heterocycles. The topological polar surface area (TPSA) is 67.6 Å². The van der Waals surface area contributed by atoms with Crippen molar-refractivity contribution >= 4 is 17.0 Å². The number of nitrogen functional groups attached to an aromatic ring is 1. The van der Waals surface area contributed by atoms with E-state index in [1.54, 1.807) is 6.07 Å². The Kier molecular flexibility index (Phi) is 2.14. The van der Waals surface area contributed by atoms with Crippen molar-refractivity contribution in [3.05, 3.63) is 23.8 Å². The van der Waals surface area contributed by atoms with E-state index in [4.69, 9.17) is 11.0 Å². The molecule has 1 aromatic heterocycles. The van der Waals surface area contributed by atoms with Crippen LogP contribution in [-0.2, 0) is 0 Å². The maximum Gasteiger partial charge on any atom is 0.201 e. The van der Waals surface area contributed by atoms with Crippen LogP contribution in [0, 0.1) is 23.2 Å². The van der Waals surface area contributed by atoms with Gasteiger partial charge in [0.15, 0.2) is 0 Å². The minimum atomic E-state index is 0.484. The van der Waals surface area contributed by atoms with Gasteiger partial charge in [0.25, 0.3) is 0 Å². The highest BCUT2D eigenvalue weighted by atomic mass is 15.2. The van der Waals surface area contributed by atoms with Crippen molar-refractivity contribution in [2.45, 2.75) is 31.7 Å². The molecule has 2 fully saturated rings. The van der Waals surface area contributed by atoms with Crippen LogP contribution in [0.5, 0.6) is 0 Å². The molecule has 96 valence electrons. The van der Waals surface area contributed by atoms with Crippen LogP contribution in [0.3, 0.4) is 0 Å². The number of nitriles is 1. The summed E-state index contributed by atoms with van der Waals surface area (Å²) in [5.41, 5.74) is 8.73. The summed E-state index contributed by atoms with van der Waals surface area (Å²) in [6, 6.07) is 8.31. The van der Waals surface area contributed by atoms with Crippen molar-refractivity contribution < 1.29 is 0 Å². The summed E-state index contributed by atoms with van der Waals surface area (Å²) in [7, 11) is 0. The molecule has 2 saturated carbocycles. The lowest BCUT2D eigenvalue weighted by Gasteiger charge is -2.24. The van der Waals surface area contributed by atoms with Gasteiger partial charge in [-0.25, -0.2) is 4.98 Å². The summed E-state index contributed by atoms with van der Waals surface area (Å²) in [6.07, 6.45) is 5.24. The van der Waals surface area contributed by atoms with E-state index in [1.807, 2.05) is 12.1 Å². The van der Waals surface area contributed by atoms with Crippen molar-refractivity contribution in [1.82, 2.24) is 9.55 Å². The second-order valence-electron chi connectivity index (χ2n) is 5.90. The first-order chi connectivity index (χ1) is 9.26. The third-order valence-corrected chi connectivity index (χ3v) is 4.88. The molecule has 2 bridgehead atoms. The van der Waals surface area contributed by atoms with Crippen molar-refractivity contribution in [3.63, 3.8) is 0 Å². The molecule has 4 nitrogen and oxygen atoms in total. The minimum absolute atomic E-state index is 0.484. The molecule has 4 heteroatoms. The van der Waals surface area contributed by atoms with Gasteiger partial charge in [0, 0.05) is 6.04 Å². The van der Waals surface area contributed by atoms with E-state index < -0.39 is 0 Å². The van der Waals surface area contributed by atoms with Crippen LogP contribution < -0.4 is 5.73 Å². The van der Waals surface area contributed by atoms with Gasteiger partial charge in [-0.3, -0.25) is 0 Å². The van der Waals surface area contributed by atoms with Gasteiger partial charge in [0.05, 0.1) is 22.7 Å². The molecule has 1 aromatic carbocycles. The van der Waals surface area contributed by atoms with Gasteiger partial charge < -0.3 is 10.3 Å². The molecule has 3 unspecified atom stereocenters. The van der Waals surface area contributed by atoms with Gasteiger partial charge >= 0.3 is 0 Å². The molecule has 2 aromatic rings. The highest BCUT2D eigenvalue weighted by molar-refractivity contribution is 5.80. The molecule has 0 amide bonds. The molecule has 0 saturated heterocycles. The van der Waals surface area contributed by atoms with Gasteiger partial charge in [-0.2, -0.15) is 5.26 Å². The molecule has 1 heterocycles. The highest BCUT2D eigenvalue weighted by Gasteiger charge is 2.41. The lowest BCUT2D eigenvalue weighted by Crippen LogP contribution is -2.17. The average Bonchev–Trinajstić information content (AvgIpc) is 3.09. The molecule has 19 heavy (non-hydrogen) atoms. The standard InChI is InChI=1S/C15H16N4/c16-8-10-2-4-12-14(7-10)19(15(17)18-12)13-6-9-1-3-11(13)5-9/h2,4,7,9,11,13H,1,3,5-6H2,(H2,17,18). The third-order valence-electron chi connectivity index (χ3n) is 4.88. The number of hydrogen-bond donors (Lipinski definition) is 1. The number of benzene rings is 1. The van der Waals surface area contributed by atoms with E-state index >= 15 is 0 Å². The molecule has 0 radical (unpaired) electrons. The Labute approximate surface area is 111 Å². The van der Waals surface area contributed by atoms with Gasteiger partial charge in [-0.1, -0.05) is 6.42 Å². The second kappa shape index (κ2) is 3.74. The maximum atomic E-state index is 9.05. The van der Waals surface area contributed by atoms with Gasteiger partial charge in [-0.05, 0) is 49.3 Å². The quantitative estimate of drug-likeness (QED) is 0.848. The molecular weight excluding hydrogens is 236 g/mol. The Bertz CT molecular complexity index is 694. The molecule has 0 spiro atoms. The largest absolute Gasteiger partial charge is 0.369 e. The minimum Gasteiger partial charge on any atom is -0.369 e.